The van der Waals surface area contributed by atoms with Crippen molar-refractivity contribution in [2.45, 2.75) is 39.5 Å². The predicted octanol–water partition coefficient (Wildman–Crippen LogP) is 0.921. The molecule has 0 spiro atoms. The highest BCUT2D eigenvalue weighted by Gasteiger charge is 2.31. The zero-order valence-electron chi connectivity index (χ0n) is 11.0. The van der Waals surface area contributed by atoms with Gasteiger partial charge in [0, 0.05) is 13.1 Å². The summed E-state index contributed by atoms with van der Waals surface area (Å²) in [5.74, 6) is -0.926. The topological polar surface area (TPSA) is 85.6 Å². The van der Waals surface area contributed by atoms with E-state index in [4.69, 9.17) is 5.41 Å². The van der Waals surface area contributed by atoms with Crippen LogP contribution in [-0.2, 0) is 9.59 Å². The molecule has 0 saturated carbocycles. The molecule has 2 amide bonds. The van der Waals surface area contributed by atoms with Gasteiger partial charge in [-0.3, -0.25) is 15.0 Å². The lowest BCUT2D eigenvalue weighted by Gasteiger charge is -2.21. The van der Waals surface area contributed by atoms with Crippen LogP contribution in [-0.4, -0.2) is 41.2 Å². The predicted molar refractivity (Wildman–Crippen MR) is 69.7 cm³/mol. The Kier molecular flexibility index (Phi) is 5.48. The van der Waals surface area contributed by atoms with Crippen molar-refractivity contribution in [2.75, 3.05) is 13.1 Å². The molecule has 1 rings (SSSR count). The molecule has 1 aliphatic heterocycles. The molecule has 0 aromatic carbocycles. The Morgan fingerprint density at radius 2 is 1.83 bits per heavy atom. The fraction of sp³-hybridized carbons (Fsp3) is 0.667. The van der Waals surface area contributed by atoms with Crippen molar-refractivity contribution in [1.29, 1.82) is 5.41 Å². The van der Waals surface area contributed by atoms with E-state index in [2.05, 4.69) is 24.4 Å². The second kappa shape index (κ2) is 6.88. The standard InChI is InChI=1S/C12H20N4O2/c1-3-5-7-16(8-6-4-2)12(18)10-9(13)11(17)15-14-10/h3-8H2,1-2H3,(H2,13,15,17). The molecular weight excluding hydrogens is 232 g/mol. The zero-order chi connectivity index (χ0) is 13.5. The normalized spacial score (nSPS) is 14.4. The van der Waals surface area contributed by atoms with Crippen LogP contribution in [0.15, 0.2) is 5.10 Å². The second-order valence-corrected chi connectivity index (χ2v) is 4.28. The van der Waals surface area contributed by atoms with Crippen molar-refractivity contribution in [1.82, 2.24) is 10.3 Å². The van der Waals surface area contributed by atoms with Gasteiger partial charge in [-0.05, 0) is 12.8 Å². The van der Waals surface area contributed by atoms with Crippen LogP contribution in [0.2, 0.25) is 0 Å². The Hall–Kier alpha value is -1.72. The zero-order valence-corrected chi connectivity index (χ0v) is 11.0. The number of carbonyl (C=O) groups excluding carboxylic acids is 2. The SMILES string of the molecule is CCCCN(CCCC)C(=O)C1=NNC(=O)C1=N. The van der Waals surface area contributed by atoms with E-state index in [1.54, 1.807) is 4.90 Å². The average molecular weight is 252 g/mol. The van der Waals surface area contributed by atoms with Gasteiger partial charge in [-0.15, -0.1) is 0 Å². The molecule has 0 fully saturated rings. The lowest BCUT2D eigenvalue weighted by molar-refractivity contribution is -0.124. The molecule has 100 valence electrons. The monoisotopic (exact) mass is 252 g/mol. The van der Waals surface area contributed by atoms with Gasteiger partial charge in [0.1, 0.15) is 0 Å². The van der Waals surface area contributed by atoms with Gasteiger partial charge in [0.2, 0.25) is 0 Å². The van der Waals surface area contributed by atoms with Crippen LogP contribution in [0.3, 0.4) is 0 Å². The van der Waals surface area contributed by atoms with E-state index >= 15 is 0 Å². The average Bonchev–Trinajstić information content (AvgIpc) is 2.69. The van der Waals surface area contributed by atoms with Crippen molar-refractivity contribution >= 4 is 23.2 Å². The summed E-state index contributed by atoms with van der Waals surface area (Å²) in [6.45, 7) is 5.41. The molecular formula is C12H20N4O2. The number of rotatable bonds is 7. The molecule has 0 atom stereocenters. The van der Waals surface area contributed by atoms with Crippen LogP contribution in [0.4, 0.5) is 0 Å². The van der Waals surface area contributed by atoms with E-state index in [-0.39, 0.29) is 17.3 Å². The van der Waals surface area contributed by atoms with Crippen molar-refractivity contribution in [3.63, 3.8) is 0 Å². The highest BCUT2D eigenvalue weighted by atomic mass is 16.2. The first-order valence-electron chi connectivity index (χ1n) is 6.38. The summed E-state index contributed by atoms with van der Waals surface area (Å²) < 4.78 is 0. The van der Waals surface area contributed by atoms with Crippen LogP contribution >= 0.6 is 0 Å². The third kappa shape index (κ3) is 3.38. The summed E-state index contributed by atoms with van der Waals surface area (Å²) in [4.78, 5) is 25.0. The number of hydrazone groups is 1. The summed E-state index contributed by atoms with van der Waals surface area (Å²) in [6.07, 6.45) is 3.82. The Labute approximate surface area is 107 Å². The summed E-state index contributed by atoms with van der Waals surface area (Å²) in [5.41, 5.74) is 1.75. The Balaban J connectivity index is 2.69. The Morgan fingerprint density at radius 1 is 1.28 bits per heavy atom. The van der Waals surface area contributed by atoms with E-state index in [1.807, 2.05) is 0 Å². The van der Waals surface area contributed by atoms with Crippen molar-refractivity contribution < 1.29 is 9.59 Å². The first kappa shape index (κ1) is 14.3. The summed E-state index contributed by atoms with van der Waals surface area (Å²) in [6, 6.07) is 0. The molecule has 1 aliphatic rings. The van der Waals surface area contributed by atoms with E-state index in [0.717, 1.165) is 25.7 Å². The van der Waals surface area contributed by atoms with Gasteiger partial charge in [0.15, 0.2) is 11.4 Å². The van der Waals surface area contributed by atoms with Crippen LogP contribution in [0.1, 0.15) is 39.5 Å². The lowest BCUT2D eigenvalue weighted by Crippen LogP contribution is -2.41. The van der Waals surface area contributed by atoms with Crippen molar-refractivity contribution in [2.24, 2.45) is 5.10 Å². The molecule has 0 aliphatic carbocycles. The fourth-order valence-corrected chi connectivity index (χ4v) is 1.64. The second-order valence-electron chi connectivity index (χ2n) is 4.28. The van der Waals surface area contributed by atoms with E-state index in [0.29, 0.717) is 13.1 Å². The highest BCUT2D eigenvalue weighted by Crippen LogP contribution is 2.04. The van der Waals surface area contributed by atoms with E-state index < -0.39 is 5.91 Å². The van der Waals surface area contributed by atoms with Gasteiger partial charge in [-0.1, -0.05) is 26.7 Å². The number of nitrogens with one attached hydrogen (secondary N) is 2. The number of hydrogen-bond acceptors (Lipinski definition) is 4. The maximum Gasteiger partial charge on any atom is 0.291 e. The lowest BCUT2D eigenvalue weighted by atomic mass is 10.2. The maximum absolute atomic E-state index is 12.2. The third-order valence-electron chi connectivity index (χ3n) is 2.79. The molecule has 0 bridgehead atoms. The molecule has 0 saturated heterocycles. The Bertz CT molecular complexity index is 368. The van der Waals surface area contributed by atoms with Gasteiger partial charge in [0.05, 0.1) is 0 Å². The summed E-state index contributed by atoms with van der Waals surface area (Å²) >= 11 is 0. The van der Waals surface area contributed by atoms with Gasteiger partial charge in [-0.2, -0.15) is 5.10 Å². The number of carbonyl (C=O) groups is 2. The van der Waals surface area contributed by atoms with Crippen LogP contribution in [0.25, 0.3) is 0 Å². The minimum atomic E-state index is -0.607. The van der Waals surface area contributed by atoms with Crippen LogP contribution in [0, 0.1) is 5.41 Å². The first-order valence-corrected chi connectivity index (χ1v) is 6.38. The molecule has 0 aromatic rings. The van der Waals surface area contributed by atoms with Gasteiger partial charge in [-0.25, -0.2) is 5.43 Å². The van der Waals surface area contributed by atoms with Crippen molar-refractivity contribution in [3.05, 3.63) is 0 Å². The molecule has 18 heavy (non-hydrogen) atoms. The summed E-state index contributed by atoms with van der Waals surface area (Å²) in [5, 5.41) is 11.1. The fourth-order valence-electron chi connectivity index (χ4n) is 1.64. The third-order valence-corrected chi connectivity index (χ3v) is 2.79. The van der Waals surface area contributed by atoms with Crippen molar-refractivity contribution in [3.8, 4) is 0 Å². The van der Waals surface area contributed by atoms with Gasteiger partial charge < -0.3 is 4.90 Å². The number of amides is 2. The largest absolute Gasteiger partial charge is 0.337 e. The van der Waals surface area contributed by atoms with E-state index in [1.165, 1.54) is 0 Å². The number of nitrogens with zero attached hydrogens (tertiary/aromatic N) is 2. The highest BCUT2D eigenvalue weighted by molar-refractivity contribution is 6.81. The number of unbranched alkanes of at least 4 members (excludes halogenated alkanes) is 2. The number of hydrogen-bond donors (Lipinski definition) is 2. The smallest absolute Gasteiger partial charge is 0.291 e. The first-order chi connectivity index (χ1) is 8.61. The quantitative estimate of drug-likeness (QED) is 0.706. The molecule has 1 heterocycles. The minimum Gasteiger partial charge on any atom is -0.337 e. The van der Waals surface area contributed by atoms with Gasteiger partial charge in [0.25, 0.3) is 11.8 Å². The van der Waals surface area contributed by atoms with Gasteiger partial charge >= 0.3 is 0 Å². The van der Waals surface area contributed by atoms with E-state index in [9.17, 15) is 9.59 Å². The molecule has 0 aromatic heterocycles. The maximum atomic E-state index is 12.2. The Morgan fingerprint density at radius 3 is 2.22 bits per heavy atom. The molecule has 6 heteroatoms. The molecule has 6 nitrogen and oxygen atoms in total. The molecule has 0 unspecified atom stereocenters. The minimum absolute atomic E-state index is 0.0628. The van der Waals surface area contributed by atoms with Crippen LogP contribution in [0.5, 0.6) is 0 Å². The van der Waals surface area contributed by atoms with Crippen LogP contribution < -0.4 is 5.43 Å². The molecule has 0 radical (unpaired) electrons. The molecule has 2 N–H and O–H groups in total. The summed E-state index contributed by atoms with van der Waals surface area (Å²) in [7, 11) is 0.